The van der Waals surface area contributed by atoms with Crippen molar-refractivity contribution in [2.75, 3.05) is 31.1 Å². The summed E-state index contributed by atoms with van der Waals surface area (Å²) in [5.41, 5.74) is 1.08. The van der Waals surface area contributed by atoms with Crippen molar-refractivity contribution in [2.24, 2.45) is 5.92 Å². The van der Waals surface area contributed by atoms with Crippen LogP contribution in [0.1, 0.15) is 19.8 Å². The van der Waals surface area contributed by atoms with Gasteiger partial charge in [0.25, 0.3) is 0 Å². The Balaban J connectivity index is 2.04. The zero-order valence-corrected chi connectivity index (χ0v) is 11.5. The van der Waals surface area contributed by atoms with Crippen LogP contribution in [0.25, 0.3) is 0 Å². The zero-order valence-electron chi connectivity index (χ0n) is 11.5. The van der Waals surface area contributed by atoms with Gasteiger partial charge in [-0.3, -0.25) is 0 Å². The summed E-state index contributed by atoms with van der Waals surface area (Å²) in [4.78, 5) is 2.31. The van der Waals surface area contributed by atoms with E-state index in [0.29, 0.717) is 18.5 Å². The Morgan fingerprint density at radius 2 is 2.05 bits per heavy atom. The third-order valence-electron chi connectivity index (χ3n) is 3.85. The van der Waals surface area contributed by atoms with Crippen LogP contribution in [0.15, 0.2) is 24.3 Å². The number of aliphatic hydroxyl groups is 1. The largest absolute Gasteiger partial charge is 0.395 e. The zero-order chi connectivity index (χ0) is 13.7. The van der Waals surface area contributed by atoms with E-state index in [9.17, 15) is 4.39 Å². The molecule has 106 valence electrons. The molecule has 2 N–H and O–H groups in total. The molecule has 0 spiro atoms. The second-order valence-electron chi connectivity index (χ2n) is 5.27. The number of benzene rings is 1. The smallest absolute Gasteiger partial charge is 0.123 e. The van der Waals surface area contributed by atoms with Gasteiger partial charge >= 0.3 is 0 Å². The summed E-state index contributed by atoms with van der Waals surface area (Å²) in [6, 6.07) is 7.12. The van der Waals surface area contributed by atoms with Crippen molar-refractivity contribution < 1.29 is 9.50 Å². The quantitative estimate of drug-likeness (QED) is 0.856. The standard InChI is InChI=1S/C15H23FN2O/c1-2-12-9-14(17-7-8-19)11-18(10-12)15-5-3-13(16)4-6-15/h3-6,12,14,17,19H,2,7-11H2,1H3. The van der Waals surface area contributed by atoms with Crippen LogP contribution < -0.4 is 10.2 Å². The van der Waals surface area contributed by atoms with E-state index in [0.717, 1.165) is 31.6 Å². The molecule has 2 unspecified atom stereocenters. The molecule has 0 radical (unpaired) electrons. The normalized spacial score (nSPS) is 23.6. The van der Waals surface area contributed by atoms with Crippen LogP contribution >= 0.6 is 0 Å². The number of nitrogens with zero attached hydrogens (tertiary/aromatic N) is 1. The molecule has 1 aliphatic heterocycles. The van der Waals surface area contributed by atoms with E-state index in [1.54, 1.807) is 0 Å². The number of hydrogen-bond donors (Lipinski definition) is 2. The van der Waals surface area contributed by atoms with Crippen molar-refractivity contribution in [1.29, 1.82) is 0 Å². The summed E-state index contributed by atoms with van der Waals surface area (Å²) >= 11 is 0. The molecule has 1 aromatic rings. The lowest BCUT2D eigenvalue weighted by atomic mass is 9.91. The van der Waals surface area contributed by atoms with Crippen molar-refractivity contribution in [3.8, 4) is 0 Å². The first-order chi connectivity index (χ1) is 9.22. The predicted molar refractivity (Wildman–Crippen MR) is 75.9 cm³/mol. The van der Waals surface area contributed by atoms with Crippen molar-refractivity contribution >= 4 is 5.69 Å². The molecule has 1 fully saturated rings. The summed E-state index contributed by atoms with van der Waals surface area (Å²) in [5, 5.41) is 12.3. The molecule has 2 atom stereocenters. The molecule has 0 aromatic heterocycles. The summed E-state index contributed by atoms with van der Waals surface area (Å²) in [6.45, 7) is 4.96. The highest BCUT2D eigenvalue weighted by Crippen LogP contribution is 2.25. The van der Waals surface area contributed by atoms with E-state index in [2.05, 4.69) is 17.1 Å². The molecule has 1 saturated heterocycles. The fourth-order valence-corrected chi connectivity index (χ4v) is 2.78. The van der Waals surface area contributed by atoms with Crippen molar-refractivity contribution in [2.45, 2.75) is 25.8 Å². The predicted octanol–water partition coefficient (Wildman–Crippen LogP) is 2.01. The number of piperidine rings is 1. The van der Waals surface area contributed by atoms with Crippen LogP contribution in [0.3, 0.4) is 0 Å². The van der Waals surface area contributed by atoms with Crippen molar-refractivity contribution in [3.05, 3.63) is 30.1 Å². The Morgan fingerprint density at radius 1 is 1.32 bits per heavy atom. The third-order valence-corrected chi connectivity index (χ3v) is 3.85. The lowest BCUT2D eigenvalue weighted by Crippen LogP contribution is -2.49. The van der Waals surface area contributed by atoms with Crippen molar-refractivity contribution in [1.82, 2.24) is 5.32 Å². The van der Waals surface area contributed by atoms with Gasteiger partial charge in [0, 0.05) is 31.4 Å². The molecule has 0 aliphatic carbocycles. The average Bonchev–Trinajstić information content (AvgIpc) is 2.45. The van der Waals surface area contributed by atoms with Crippen LogP contribution in [0, 0.1) is 11.7 Å². The lowest BCUT2D eigenvalue weighted by molar-refractivity contribution is 0.265. The van der Waals surface area contributed by atoms with E-state index in [4.69, 9.17) is 5.11 Å². The number of hydrogen-bond acceptors (Lipinski definition) is 3. The molecule has 1 aliphatic rings. The highest BCUT2D eigenvalue weighted by atomic mass is 19.1. The Labute approximate surface area is 114 Å². The first-order valence-corrected chi connectivity index (χ1v) is 7.07. The SMILES string of the molecule is CCC1CC(NCCO)CN(c2ccc(F)cc2)C1. The van der Waals surface area contributed by atoms with Crippen LogP contribution in [0.4, 0.5) is 10.1 Å². The van der Waals surface area contributed by atoms with Crippen LogP contribution in [0.2, 0.25) is 0 Å². The Bertz CT molecular complexity index is 382. The first-order valence-electron chi connectivity index (χ1n) is 7.07. The van der Waals surface area contributed by atoms with Gasteiger partial charge in [0.1, 0.15) is 5.82 Å². The molecule has 3 nitrogen and oxygen atoms in total. The maximum atomic E-state index is 13.0. The minimum absolute atomic E-state index is 0.170. The van der Waals surface area contributed by atoms with Crippen molar-refractivity contribution in [3.63, 3.8) is 0 Å². The average molecular weight is 266 g/mol. The van der Waals surface area contributed by atoms with Gasteiger partial charge in [-0.05, 0) is 36.6 Å². The van der Waals surface area contributed by atoms with Gasteiger partial charge in [-0.25, -0.2) is 4.39 Å². The topological polar surface area (TPSA) is 35.5 Å². The summed E-state index contributed by atoms with van der Waals surface area (Å²) < 4.78 is 13.0. The fraction of sp³-hybridized carbons (Fsp3) is 0.600. The number of anilines is 1. The van der Waals surface area contributed by atoms with Gasteiger partial charge in [-0.2, -0.15) is 0 Å². The molecule has 4 heteroatoms. The van der Waals surface area contributed by atoms with Crippen LogP contribution in [-0.4, -0.2) is 37.4 Å². The number of rotatable bonds is 5. The van der Waals surface area contributed by atoms with Crippen LogP contribution in [-0.2, 0) is 0 Å². The van der Waals surface area contributed by atoms with Gasteiger partial charge in [0.05, 0.1) is 6.61 Å². The molecule has 1 aromatic carbocycles. The van der Waals surface area contributed by atoms with E-state index in [1.807, 2.05) is 12.1 Å². The summed E-state index contributed by atoms with van der Waals surface area (Å²) in [7, 11) is 0. The fourth-order valence-electron chi connectivity index (χ4n) is 2.78. The van der Waals surface area contributed by atoms with Gasteiger partial charge in [0.2, 0.25) is 0 Å². The maximum absolute atomic E-state index is 13.0. The number of nitrogens with one attached hydrogen (secondary N) is 1. The Hall–Kier alpha value is -1.13. The summed E-state index contributed by atoms with van der Waals surface area (Å²) in [6.07, 6.45) is 2.29. The van der Waals surface area contributed by atoms with Gasteiger partial charge < -0.3 is 15.3 Å². The molecular weight excluding hydrogens is 243 g/mol. The van der Waals surface area contributed by atoms with Crippen LogP contribution in [0.5, 0.6) is 0 Å². The lowest BCUT2D eigenvalue weighted by Gasteiger charge is -2.39. The van der Waals surface area contributed by atoms with Gasteiger partial charge in [0.15, 0.2) is 0 Å². The molecule has 19 heavy (non-hydrogen) atoms. The molecule has 0 saturated carbocycles. The minimum Gasteiger partial charge on any atom is -0.395 e. The van der Waals surface area contributed by atoms with Gasteiger partial charge in [-0.1, -0.05) is 13.3 Å². The van der Waals surface area contributed by atoms with E-state index < -0.39 is 0 Å². The maximum Gasteiger partial charge on any atom is 0.123 e. The molecule has 0 bridgehead atoms. The second kappa shape index (κ2) is 6.87. The Kier molecular flexibility index (Phi) is 5.16. The number of aliphatic hydroxyl groups excluding tert-OH is 1. The Morgan fingerprint density at radius 3 is 2.68 bits per heavy atom. The van der Waals surface area contributed by atoms with E-state index in [-0.39, 0.29) is 12.4 Å². The highest BCUT2D eigenvalue weighted by molar-refractivity contribution is 5.47. The third kappa shape index (κ3) is 3.91. The van der Waals surface area contributed by atoms with Gasteiger partial charge in [-0.15, -0.1) is 0 Å². The minimum atomic E-state index is -0.192. The first kappa shape index (κ1) is 14.3. The molecular formula is C15H23FN2O. The van der Waals surface area contributed by atoms with E-state index >= 15 is 0 Å². The molecule has 2 rings (SSSR count). The number of halogens is 1. The molecule has 0 amide bonds. The van der Waals surface area contributed by atoms with E-state index in [1.165, 1.54) is 12.1 Å². The highest BCUT2D eigenvalue weighted by Gasteiger charge is 2.25. The second-order valence-corrected chi connectivity index (χ2v) is 5.27. The monoisotopic (exact) mass is 266 g/mol. The molecule has 1 heterocycles. The summed E-state index contributed by atoms with van der Waals surface area (Å²) in [5.74, 6) is 0.456.